The van der Waals surface area contributed by atoms with Crippen molar-refractivity contribution in [3.05, 3.63) is 47.3 Å². The maximum absolute atomic E-state index is 14.6. The Morgan fingerprint density at radius 2 is 2.08 bits per heavy atom. The lowest BCUT2D eigenvalue weighted by Crippen LogP contribution is -2.49. The zero-order valence-corrected chi connectivity index (χ0v) is 14.2. The van der Waals surface area contributed by atoms with Crippen molar-refractivity contribution >= 4 is 5.91 Å². The number of nitrogens with zero attached hydrogens (tertiary/aromatic N) is 2. The lowest BCUT2D eigenvalue weighted by atomic mass is 9.75. The Labute approximate surface area is 149 Å². The molecule has 1 aromatic heterocycles. The molecule has 2 aliphatic rings. The minimum atomic E-state index is -3.00. The Kier molecular flexibility index (Phi) is 4.22. The van der Waals surface area contributed by atoms with E-state index in [1.165, 1.54) is 0 Å². The summed E-state index contributed by atoms with van der Waals surface area (Å²) in [5.74, 6) is -3.37. The number of nitrogens with one attached hydrogen (secondary N) is 2. The van der Waals surface area contributed by atoms with Crippen LogP contribution in [-0.4, -0.2) is 40.5 Å². The highest BCUT2D eigenvalue weighted by Crippen LogP contribution is 2.44. The van der Waals surface area contributed by atoms with Crippen molar-refractivity contribution in [1.82, 2.24) is 20.7 Å². The highest BCUT2D eigenvalue weighted by Gasteiger charge is 2.50. The molecule has 2 N–H and O–H groups in total. The molecule has 2 aromatic rings. The fourth-order valence-electron chi connectivity index (χ4n) is 3.93. The van der Waals surface area contributed by atoms with Crippen LogP contribution in [0, 0.1) is 5.41 Å². The van der Waals surface area contributed by atoms with Gasteiger partial charge in [0.1, 0.15) is 6.04 Å². The molecule has 138 valence electrons. The summed E-state index contributed by atoms with van der Waals surface area (Å²) in [6, 6.07) is 5.51. The fraction of sp³-hybridized carbons (Fsp3) is 0.500. The number of fused-ring (bicyclic) bond motifs is 1. The van der Waals surface area contributed by atoms with Gasteiger partial charge in [0, 0.05) is 26.1 Å². The molecule has 0 spiro atoms. The minimum absolute atomic E-state index is 0.346. The van der Waals surface area contributed by atoms with Crippen molar-refractivity contribution < 1.29 is 18.3 Å². The molecule has 4 rings (SSSR count). The SMILES string of the molecule is O=C(NC1c2ccccc2CC1(F)F)C1(Cc2cn[nH]n2)CCOCC1. The first-order chi connectivity index (χ1) is 12.5. The van der Waals surface area contributed by atoms with E-state index in [2.05, 4.69) is 20.7 Å². The standard InChI is InChI=1S/C18H20F2N4O2/c19-18(20)9-12-3-1-2-4-14(12)15(18)22-16(25)17(5-7-26-8-6-17)10-13-11-21-24-23-13/h1-4,11,15H,5-10H2,(H,22,25)(H,21,23,24). The van der Waals surface area contributed by atoms with Crippen LogP contribution in [0.2, 0.25) is 0 Å². The van der Waals surface area contributed by atoms with Crippen molar-refractivity contribution in [3.63, 3.8) is 0 Å². The molecule has 1 unspecified atom stereocenters. The first kappa shape index (κ1) is 17.1. The van der Waals surface area contributed by atoms with Crippen molar-refractivity contribution in [2.75, 3.05) is 13.2 Å². The maximum atomic E-state index is 14.6. The van der Waals surface area contributed by atoms with Crippen molar-refractivity contribution in [1.29, 1.82) is 0 Å². The van der Waals surface area contributed by atoms with Gasteiger partial charge in [0.15, 0.2) is 0 Å². The van der Waals surface area contributed by atoms with Gasteiger partial charge in [0.05, 0.1) is 17.3 Å². The summed E-state index contributed by atoms with van der Waals surface area (Å²) in [4.78, 5) is 13.1. The third kappa shape index (κ3) is 2.98. The Balaban J connectivity index is 1.60. The van der Waals surface area contributed by atoms with E-state index in [0.29, 0.717) is 49.3 Å². The van der Waals surface area contributed by atoms with Crippen molar-refractivity contribution in [2.45, 2.75) is 37.6 Å². The number of aromatic amines is 1. The predicted molar refractivity (Wildman–Crippen MR) is 88.5 cm³/mol. The van der Waals surface area contributed by atoms with E-state index in [-0.39, 0.29) is 12.3 Å². The van der Waals surface area contributed by atoms with Crippen LogP contribution < -0.4 is 5.32 Å². The molecule has 0 saturated carbocycles. The number of benzene rings is 1. The number of amides is 1. The number of hydrogen-bond donors (Lipinski definition) is 2. The summed E-state index contributed by atoms with van der Waals surface area (Å²) in [7, 11) is 0. The third-order valence-corrected chi connectivity index (χ3v) is 5.41. The number of aromatic nitrogens is 3. The first-order valence-electron chi connectivity index (χ1n) is 8.69. The Bertz CT molecular complexity index is 788. The molecular weight excluding hydrogens is 342 g/mol. The van der Waals surface area contributed by atoms with Crippen LogP contribution in [0.4, 0.5) is 8.78 Å². The van der Waals surface area contributed by atoms with Crippen LogP contribution in [0.15, 0.2) is 30.5 Å². The van der Waals surface area contributed by atoms with Gasteiger partial charge in [-0.3, -0.25) is 4.79 Å². The van der Waals surface area contributed by atoms with Crippen molar-refractivity contribution in [2.24, 2.45) is 5.41 Å². The van der Waals surface area contributed by atoms with E-state index in [1.54, 1.807) is 30.5 Å². The molecule has 1 fully saturated rings. The van der Waals surface area contributed by atoms with Crippen LogP contribution >= 0.6 is 0 Å². The second-order valence-electron chi connectivity index (χ2n) is 7.07. The lowest BCUT2D eigenvalue weighted by Gasteiger charge is -2.36. The number of hydrogen-bond acceptors (Lipinski definition) is 4. The Hall–Kier alpha value is -2.35. The molecule has 8 heteroatoms. The fourth-order valence-corrected chi connectivity index (χ4v) is 3.93. The number of rotatable bonds is 4. The summed E-state index contributed by atoms with van der Waals surface area (Å²) >= 11 is 0. The second kappa shape index (κ2) is 6.42. The van der Waals surface area contributed by atoms with Crippen molar-refractivity contribution in [3.8, 4) is 0 Å². The third-order valence-electron chi connectivity index (χ3n) is 5.41. The van der Waals surface area contributed by atoms with Crippen LogP contribution in [0.1, 0.15) is 35.7 Å². The van der Waals surface area contributed by atoms with Crippen LogP contribution in [0.25, 0.3) is 0 Å². The summed E-state index contributed by atoms with van der Waals surface area (Å²) < 4.78 is 34.5. The van der Waals surface area contributed by atoms with E-state index in [9.17, 15) is 13.6 Å². The number of halogens is 2. The van der Waals surface area contributed by atoms with Gasteiger partial charge in [-0.2, -0.15) is 15.4 Å². The highest BCUT2D eigenvalue weighted by molar-refractivity contribution is 5.83. The summed E-state index contributed by atoms with van der Waals surface area (Å²) in [6.45, 7) is 0.839. The van der Waals surface area contributed by atoms with Crippen LogP contribution in [0.5, 0.6) is 0 Å². The number of ether oxygens (including phenoxy) is 1. The van der Waals surface area contributed by atoms with E-state index >= 15 is 0 Å². The molecule has 1 aliphatic heterocycles. The smallest absolute Gasteiger partial charge is 0.275 e. The monoisotopic (exact) mass is 362 g/mol. The van der Waals surface area contributed by atoms with Gasteiger partial charge in [-0.1, -0.05) is 24.3 Å². The van der Waals surface area contributed by atoms with Gasteiger partial charge in [0.25, 0.3) is 5.92 Å². The molecule has 6 nitrogen and oxygen atoms in total. The number of carbonyl (C=O) groups is 1. The molecule has 1 atom stereocenters. The van der Waals surface area contributed by atoms with Gasteiger partial charge in [-0.25, -0.2) is 8.78 Å². The molecule has 1 aliphatic carbocycles. The van der Waals surface area contributed by atoms with E-state index < -0.39 is 17.4 Å². The predicted octanol–water partition coefficient (Wildman–Crippen LogP) is 2.19. The summed E-state index contributed by atoms with van der Waals surface area (Å²) in [6.07, 6.45) is 2.48. The Morgan fingerprint density at radius 3 is 2.81 bits per heavy atom. The second-order valence-corrected chi connectivity index (χ2v) is 7.07. The summed E-state index contributed by atoms with van der Waals surface area (Å²) in [5, 5.41) is 13.0. The molecule has 26 heavy (non-hydrogen) atoms. The van der Waals surface area contributed by atoms with E-state index in [4.69, 9.17) is 4.74 Å². The number of carbonyl (C=O) groups excluding carboxylic acids is 1. The first-order valence-corrected chi connectivity index (χ1v) is 8.69. The molecular formula is C18H20F2N4O2. The maximum Gasteiger partial charge on any atom is 0.275 e. The quantitative estimate of drug-likeness (QED) is 0.874. The largest absolute Gasteiger partial charge is 0.381 e. The van der Waals surface area contributed by atoms with Gasteiger partial charge >= 0.3 is 0 Å². The zero-order valence-electron chi connectivity index (χ0n) is 14.2. The molecule has 2 heterocycles. The molecule has 1 aromatic carbocycles. The van der Waals surface area contributed by atoms with E-state index in [0.717, 1.165) is 0 Å². The summed E-state index contributed by atoms with van der Waals surface area (Å²) in [5.41, 5.74) is 0.901. The molecule has 0 radical (unpaired) electrons. The van der Waals surface area contributed by atoms with Gasteiger partial charge in [-0.15, -0.1) is 0 Å². The molecule has 1 amide bonds. The normalized spacial score (nSPS) is 23.4. The van der Waals surface area contributed by atoms with Gasteiger partial charge < -0.3 is 10.1 Å². The van der Waals surface area contributed by atoms with Gasteiger partial charge in [0.2, 0.25) is 5.91 Å². The van der Waals surface area contributed by atoms with E-state index in [1.807, 2.05) is 0 Å². The number of alkyl halides is 2. The minimum Gasteiger partial charge on any atom is -0.381 e. The van der Waals surface area contributed by atoms with Gasteiger partial charge in [-0.05, 0) is 24.0 Å². The molecule has 1 saturated heterocycles. The molecule has 0 bridgehead atoms. The Morgan fingerprint density at radius 1 is 1.31 bits per heavy atom. The number of H-pyrrole nitrogens is 1. The zero-order chi connectivity index (χ0) is 18.2. The van der Waals surface area contributed by atoms with Crippen LogP contribution in [0.3, 0.4) is 0 Å². The average molecular weight is 362 g/mol. The topological polar surface area (TPSA) is 79.9 Å². The average Bonchev–Trinajstić information content (AvgIpc) is 3.21. The lowest BCUT2D eigenvalue weighted by molar-refractivity contribution is -0.141. The van der Waals surface area contributed by atoms with Crippen LogP contribution in [-0.2, 0) is 22.4 Å². The highest BCUT2D eigenvalue weighted by atomic mass is 19.3.